The van der Waals surface area contributed by atoms with Crippen LogP contribution in [0.1, 0.15) is 12.5 Å². The highest BCUT2D eigenvalue weighted by atomic mass is 33.1. The second-order valence-electron chi connectivity index (χ2n) is 8.63. The zero-order valence-electron chi connectivity index (χ0n) is 19.2. The third-order valence-electron chi connectivity index (χ3n) is 6.43. The average Bonchev–Trinajstić information content (AvgIpc) is 3.69. The van der Waals surface area contributed by atoms with Crippen molar-refractivity contribution in [1.82, 2.24) is 39.0 Å². The molecule has 0 aromatic carbocycles. The Labute approximate surface area is 220 Å². The van der Waals surface area contributed by atoms with E-state index in [-0.39, 0.29) is 0 Å². The predicted octanol–water partition coefficient (Wildman–Crippen LogP) is -2.01. The van der Waals surface area contributed by atoms with Gasteiger partial charge in [-0.05, 0) is 21.6 Å². The molecule has 202 valence electrons. The molecular formula is C20H22N8O8S2. The van der Waals surface area contributed by atoms with E-state index in [1.807, 2.05) is 0 Å². The van der Waals surface area contributed by atoms with Gasteiger partial charge in [0.15, 0.2) is 23.8 Å². The normalized spacial score (nSPS) is 31.6. The van der Waals surface area contributed by atoms with Crippen molar-refractivity contribution in [2.24, 2.45) is 0 Å². The van der Waals surface area contributed by atoms with Gasteiger partial charge in [0.05, 0.1) is 25.9 Å². The largest absolute Gasteiger partial charge is 0.394 e. The summed E-state index contributed by atoms with van der Waals surface area (Å²) in [5, 5.41) is 60.7. The Morgan fingerprint density at radius 2 is 1.05 bits per heavy atom. The fraction of sp³-hybridized carbons (Fsp3) is 0.500. The second kappa shape index (κ2) is 10.2. The number of fused-ring (bicyclic) bond motifs is 2. The number of aliphatic hydroxyl groups is 6. The maximum Gasteiger partial charge on any atom is 0.166 e. The highest BCUT2D eigenvalue weighted by Crippen LogP contribution is 2.41. The van der Waals surface area contributed by atoms with E-state index in [2.05, 4.69) is 29.9 Å². The Morgan fingerprint density at radius 1 is 0.632 bits per heavy atom. The van der Waals surface area contributed by atoms with E-state index in [9.17, 15) is 30.6 Å². The number of nitrogens with zero attached hydrogens (tertiary/aromatic N) is 8. The van der Waals surface area contributed by atoms with Gasteiger partial charge in [0, 0.05) is 0 Å². The van der Waals surface area contributed by atoms with Crippen molar-refractivity contribution in [3.63, 3.8) is 0 Å². The summed E-state index contributed by atoms with van der Waals surface area (Å²) in [7, 11) is 2.46. The lowest BCUT2D eigenvalue weighted by Crippen LogP contribution is -2.33. The molecule has 38 heavy (non-hydrogen) atoms. The summed E-state index contributed by atoms with van der Waals surface area (Å²) in [5.74, 6) is 0. The van der Waals surface area contributed by atoms with E-state index in [1.165, 1.54) is 56.0 Å². The summed E-state index contributed by atoms with van der Waals surface area (Å²) in [5.41, 5.74) is 1.56. The Bertz CT molecular complexity index is 1350. The van der Waals surface area contributed by atoms with Crippen LogP contribution in [0, 0.1) is 0 Å². The molecule has 6 heterocycles. The first kappa shape index (κ1) is 25.7. The summed E-state index contributed by atoms with van der Waals surface area (Å²) >= 11 is 0. The van der Waals surface area contributed by atoms with Crippen molar-refractivity contribution in [3.05, 3.63) is 25.3 Å². The van der Waals surface area contributed by atoms with E-state index < -0.39 is 62.3 Å². The van der Waals surface area contributed by atoms with Crippen LogP contribution in [0.15, 0.2) is 35.4 Å². The molecule has 6 rings (SSSR count). The molecule has 0 bridgehead atoms. The molecule has 2 fully saturated rings. The minimum Gasteiger partial charge on any atom is -0.394 e. The summed E-state index contributed by atoms with van der Waals surface area (Å²) in [6, 6.07) is 0. The smallest absolute Gasteiger partial charge is 0.166 e. The summed E-state index contributed by atoms with van der Waals surface area (Å²) in [4.78, 5) is 25.8. The van der Waals surface area contributed by atoms with E-state index in [0.717, 1.165) is 0 Å². The number of aliphatic hydroxyl groups excluding tert-OH is 6. The van der Waals surface area contributed by atoms with Gasteiger partial charge in [0.2, 0.25) is 0 Å². The molecule has 0 radical (unpaired) electrons. The van der Waals surface area contributed by atoms with E-state index in [1.54, 1.807) is 0 Å². The first-order chi connectivity index (χ1) is 18.4. The number of aromatic nitrogens is 8. The van der Waals surface area contributed by atoms with Gasteiger partial charge in [-0.3, -0.25) is 9.13 Å². The van der Waals surface area contributed by atoms with Crippen LogP contribution in [0.4, 0.5) is 0 Å². The van der Waals surface area contributed by atoms with E-state index in [4.69, 9.17) is 9.47 Å². The minimum atomic E-state index is -1.29. The van der Waals surface area contributed by atoms with Gasteiger partial charge in [-0.25, -0.2) is 29.9 Å². The van der Waals surface area contributed by atoms with Gasteiger partial charge in [-0.15, -0.1) is 0 Å². The van der Waals surface area contributed by atoms with Crippen LogP contribution in [0.5, 0.6) is 0 Å². The standard InChI is InChI=1S/C20H22N8O8S2/c29-1-7-11(31)13(33)19(35-7)27-5-25-9-15(27)21-3-23-17(9)37-38-18-10-16(22-4-24-18)28(6-26-10)20-14(34)12(32)8(2-30)36-20/h3-8,11-14,19-20,29-34H,1-2H2/t7-,8-,11+,12+,13+,14+,19-,20-/m0/s1. The molecule has 0 spiro atoms. The van der Waals surface area contributed by atoms with Crippen molar-refractivity contribution in [3.8, 4) is 0 Å². The average molecular weight is 567 g/mol. The predicted molar refractivity (Wildman–Crippen MR) is 128 cm³/mol. The van der Waals surface area contributed by atoms with Gasteiger partial charge in [0.1, 0.15) is 70.4 Å². The zero-order valence-corrected chi connectivity index (χ0v) is 20.9. The van der Waals surface area contributed by atoms with Crippen LogP contribution >= 0.6 is 21.6 Å². The molecule has 16 nitrogen and oxygen atoms in total. The van der Waals surface area contributed by atoms with E-state index >= 15 is 0 Å². The number of hydrogen-bond donors (Lipinski definition) is 6. The molecule has 2 aliphatic rings. The van der Waals surface area contributed by atoms with Crippen LogP contribution in [-0.2, 0) is 9.47 Å². The molecule has 4 aromatic heterocycles. The number of hydrogen-bond acceptors (Lipinski definition) is 16. The van der Waals surface area contributed by atoms with Crippen LogP contribution in [-0.4, -0.2) is 120 Å². The van der Waals surface area contributed by atoms with Gasteiger partial charge < -0.3 is 40.1 Å². The van der Waals surface area contributed by atoms with Crippen LogP contribution in [0.3, 0.4) is 0 Å². The Kier molecular flexibility index (Phi) is 6.93. The molecule has 8 atom stereocenters. The van der Waals surface area contributed by atoms with Crippen molar-refractivity contribution >= 4 is 43.9 Å². The van der Waals surface area contributed by atoms with Crippen LogP contribution in [0.25, 0.3) is 22.3 Å². The topological polar surface area (TPSA) is 227 Å². The van der Waals surface area contributed by atoms with Crippen molar-refractivity contribution in [2.45, 2.75) is 59.1 Å². The van der Waals surface area contributed by atoms with Crippen LogP contribution in [0.2, 0.25) is 0 Å². The first-order valence-corrected chi connectivity index (χ1v) is 13.5. The summed E-state index contributed by atoms with van der Waals surface area (Å²) in [6.45, 7) is -0.905. The molecule has 6 N–H and O–H groups in total. The molecule has 2 aliphatic heterocycles. The molecule has 0 unspecified atom stereocenters. The summed E-state index contributed by atoms with van der Waals surface area (Å²) < 4.78 is 14.1. The maximum absolute atomic E-state index is 10.4. The lowest BCUT2D eigenvalue weighted by atomic mass is 10.1. The molecule has 0 saturated carbocycles. The molecule has 2 saturated heterocycles. The summed E-state index contributed by atoms with van der Waals surface area (Å²) in [6.07, 6.45) is -3.46. The van der Waals surface area contributed by atoms with Gasteiger partial charge in [-0.2, -0.15) is 0 Å². The fourth-order valence-electron chi connectivity index (χ4n) is 4.45. The van der Waals surface area contributed by atoms with Crippen molar-refractivity contribution in [2.75, 3.05) is 13.2 Å². The van der Waals surface area contributed by atoms with Crippen molar-refractivity contribution < 1.29 is 40.1 Å². The Morgan fingerprint density at radius 3 is 1.42 bits per heavy atom. The third kappa shape index (κ3) is 4.13. The SMILES string of the molecule is OC[C@@H]1O[C@H](n2cnc3c(SSc4ncnc5c4ncn5[C@H]4O[C@@H](CO)[C@@H](O)[C@H]4O)ncnc32)[C@H](O)[C@@H]1O. The third-order valence-corrected chi connectivity index (χ3v) is 8.63. The molecule has 0 amide bonds. The first-order valence-electron chi connectivity index (χ1n) is 11.4. The van der Waals surface area contributed by atoms with Crippen LogP contribution < -0.4 is 0 Å². The zero-order chi connectivity index (χ0) is 26.6. The maximum atomic E-state index is 10.4. The number of rotatable bonds is 7. The fourth-order valence-corrected chi connectivity index (χ4v) is 6.44. The Hall–Kier alpha value is -2.52. The number of ether oxygens (including phenoxy) is 2. The molecule has 4 aromatic rings. The van der Waals surface area contributed by atoms with Crippen molar-refractivity contribution in [1.29, 1.82) is 0 Å². The lowest BCUT2D eigenvalue weighted by molar-refractivity contribution is -0.0511. The van der Waals surface area contributed by atoms with Gasteiger partial charge in [0.25, 0.3) is 0 Å². The minimum absolute atomic E-state index is 0.361. The van der Waals surface area contributed by atoms with Gasteiger partial charge in [-0.1, -0.05) is 0 Å². The number of imidazole rings is 2. The quantitative estimate of drug-likeness (QED) is 0.105. The molecule has 0 aliphatic carbocycles. The lowest BCUT2D eigenvalue weighted by Gasteiger charge is -2.16. The molecular weight excluding hydrogens is 544 g/mol. The highest BCUT2D eigenvalue weighted by molar-refractivity contribution is 8.76. The van der Waals surface area contributed by atoms with Gasteiger partial charge >= 0.3 is 0 Å². The highest BCUT2D eigenvalue weighted by Gasteiger charge is 2.45. The second-order valence-corrected chi connectivity index (χ2v) is 10.7. The van der Waals surface area contributed by atoms with E-state index in [0.29, 0.717) is 32.4 Å². The molecule has 18 heteroatoms. The Balaban J connectivity index is 1.25. The monoisotopic (exact) mass is 566 g/mol.